The Hall–Kier alpha value is -1.57. The van der Waals surface area contributed by atoms with Crippen LogP contribution in [-0.2, 0) is 12.2 Å². The fraction of sp³-hybridized carbons (Fsp3) is 0.571. The van der Waals surface area contributed by atoms with Gasteiger partial charge in [0.15, 0.2) is 11.6 Å². The monoisotopic (exact) mass is 408 g/mol. The van der Waals surface area contributed by atoms with Gasteiger partial charge in [0.2, 0.25) is 0 Å². The van der Waals surface area contributed by atoms with Crippen molar-refractivity contribution in [3.05, 3.63) is 45.4 Å². The van der Waals surface area contributed by atoms with E-state index in [0.717, 1.165) is 59.7 Å². The van der Waals surface area contributed by atoms with E-state index in [4.69, 9.17) is 4.74 Å². The Morgan fingerprint density at radius 1 is 1.25 bits per heavy atom. The Morgan fingerprint density at radius 3 is 2.82 bits per heavy atom. The van der Waals surface area contributed by atoms with E-state index in [-0.39, 0.29) is 12.4 Å². The molecule has 152 valence electrons. The number of aromatic nitrogens is 1. The maximum Gasteiger partial charge on any atom is 0.162 e. The number of benzene rings is 1. The molecule has 1 saturated heterocycles. The van der Waals surface area contributed by atoms with Crippen LogP contribution in [-0.4, -0.2) is 34.6 Å². The van der Waals surface area contributed by atoms with E-state index in [1.807, 2.05) is 6.92 Å². The van der Waals surface area contributed by atoms with E-state index in [9.17, 15) is 13.9 Å². The van der Waals surface area contributed by atoms with E-state index in [1.54, 1.807) is 0 Å². The second-order valence-corrected chi connectivity index (χ2v) is 9.10. The van der Waals surface area contributed by atoms with Crippen molar-refractivity contribution in [3.8, 4) is 5.75 Å². The molecule has 28 heavy (non-hydrogen) atoms. The van der Waals surface area contributed by atoms with Crippen LogP contribution in [0.5, 0.6) is 5.75 Å². The highest BCUT2D eigenvalue weighted by atomic mass is 32.1. The predicted octanol–water partition coefficient (Wildman–Crippen LogP) is 4.39. The van der Waals surface area contributed by atoms with Gasteiger partial charge >= 0.3 is 0 Å². The van der Waals surface area contributed by atoms with E-state index in [2.05, 4.69) is 9.88 Å². The number of nitrogens with zero attached hydrogens (tertiary/aromatic N) is 2. The topological polar surface area (TPSA) is 45.6 Å². The molecule has 0 bridgehead atoms. The Bertz CT molecular complexity index is 840. The highest BCUT2D eigenvalue weighted by Gasteiger charge is 2.36. The summed E-state index contributed by atoms with van der Waals surface area (Å²) in [5, 5.41) is 12.0. The van der Waals surface area contributed by atoms with Gasteiger partial charge in [-0.15, -0.1) is 11.3 Å². The van der Waals surface area contributed by atoms with Crippen molar-refractivity contribution in [1.29, 1.82) is 0 Å². The van der Waals surface area contributed by atoms with Crippen LogP contribution >= 0.6 is 11.3 Å². The SMILES string of the molecule is Cc1nc([C@]2(O)CCCN(CC3CC3)CC2)sc1COc1ccc(F)c(F)c1. The number of hydrogen-bond donors (Lipinski definition) is 1. The van der Waals surface area contributed by atoms with Crippen LogP contribution < -0.4 is 4.74 Å². The fourth-order valence-electron chi connectivity index (χ4n) is 3.71. The number of thiazole rings is 1. The van der Waals surface area contributed by atoms with Crippen LogP contribution in [0.2, 0.25) is 0 Å². The molecule has 1 aliphatic heterocycles. The van der Waals surface area contributed by atoms with Crippen molar-refractivity contribution < 1.29 is 18.6 Å². The van der Waals surface area contributed by atoms with Gasteiger partial charge in [-0.05, 0) is 63.6 Å². The summed E-state index contributed by atoms with van der Waals surface area (Å²) >= 11 is 1.46. The maximum atomic E-state index is 13.3. The number of hydrogen-bond acceptors (Lipinski definition) is 5. The maximum absolute atomic E-state index is 13.3. The summed E-state index contributed by atoms with van der Waals surface area (Å²) in [6.07, 6.45) is 5.05. The predicted molar refractivity (Wildman–Crippen MR) is 104 cm³/mol. The van der Waals surface area contributed by atoms with E-state index < -0.39 is 17.2 Å². The van der Waals surface area contributed by atoms with Crippen LogP contribution in [0.4, 0.5) is 8.78 Å². The number of ether oxygens (including phenoxy) is 1. The lowest BCUT2D eigenvalue weighted by atomic mass is 9.96. The Balaban J connectivity index is 1.41. The second kappa shape index (κ2) is 8.05. The molecule has 1 aromatic carbocycles. The van der Waals surface area contributed by atoms with Crippen LogP contribution in [0.1, 0.15) is 47.7 Å². The average Bonchev–Trinajstić information content (AvgIpc) is 3.43. The number of likely N-dealkylation sites (tertiary alicyclic amines) is 1. The van der Waals surface area contributed by atoms with Crippen LogP contribution in [0.25, 0.3) is 0 Å². The van der Waals surface area contributed by atoms with Crippen molar-refractivity contribution in [3.63, 3.8) is 0 Å². The lowest BCUT2D eigenvalue weighted by Gasteiger charge is -2.24. The molecule has 1 saturated carbocycles. The summed E-state index contributed by atoms with van der Waals surface area (Å²) in [5.74, 6) is -0.692. The third-order valence-corrected chi connectivity index (χ3v) is 7.00. The minimum Gasteiger partial charge on any atom is -0.488 e. The molecule has 1 aliphatic carbocycles. The zero-order valence-electron chi connectivity index (χ0n) is 16.1. The standard InChI is InChI=1S/C21H26F2N2O2S/c1-14-19(13-27-16-5-6-17(22)18(23)11-16)28-20(24-14)21(26)7-2-9-25(10-8-21)12-15-3-4-15/h5-6,11,15,26H,2-4,7-10,12-13H2,1H3/t21-/m0/s1. The lowest BCUT2D eigenvalue weighted by molar-refractivity contribution is 0.0208. The summed E-state index contributed by atoms with van der Waals surface area (Å²) in [6, 6.07) is 3.50. The molecule has 1 atom stereocenters. The normalized spacial score (nSPS) is 23.6. The van der Waals surface area contributed by atoms with Crippen molar-refractivity contribution >= 4 is 11.3 Å². The Morgan fingerprint density at radius 2 is 2.07 bits per heavy atom. The molecule has 0 unspecified atom stereocenters. The highest BCUT2D eigenvalue weighted by Crippen LogP contribution is 2.38. The summed E-state index contributed by atoms with van der Waals surface area (Å²) in [7, 11) is 0. The molecule has 1 aromatic heterocycles. The highest BCUT2D eigenvalue weighted by molar-refractivity contribution is 7.11. The Labute approximate surface area is 168 Å². The van der Waals surface area contributed by atoms with Gasteiger partial charge in [-0.25, -0.2) is 13.8 Å². The molecule has 0 radical (unpaired) electrons. The van der Waals surface area contributed by atoms with E-state index in [1.165, 1.54) is 30.2 Å². The fourth-order valence-corrected chi connectivity index (χ4v) is 4.83. The van der Waals surface area contributed by atoms with Crippen LogP contribution in [0.3, 0.4) is 0 Å². The molecule has 0 amide bonds. The van der Waals surface area contributed by atoms with Gasteiger partial charge in [0.1, 0.15) is 23.0 Å². The molecule has 2 heterocycles. The molecule has 0 spiro atoms. The van der Waals surface area contributed by atoms with Crippen molar-refractivity contribution in [1.82, 2.24) is 9.88 Å². The van der Waals surface area contributed by atoms with Gasteiger partial charge in [0.25, 0.3) is 0 Å². The summed E-state index contributed by atoms with van der Waals surface area (Å²) < 4.78 is 32.0. The van der Waals surface area contributed by atoms with Crippen LogP contribution in [0, 0.1) is 24.5 Å². The van der Waals surface area contributed by atoms with E-state index in [0.29, 0.717) is 12.8 Å². The van der Waals surface area contributed by atoms with Crippen molar-refractivity contribution in [2.75, 3.05) is 19.6 Å². The van der Waals surface area contributed by atoms with Gasteiger partial charge in [0.05, 0.1) is 10.6 Å². The second-order valence-electron chi connectivity index (χ2n) is 8.02. The zero-order chi connectivity index (χ0) is 19.7. The lowest BCUT2D eigenvalue weighted by Crippen LogP contribution is -2.30. The van der Waals surface area contributed by atoms with Crippen molar-refractivity contribution in [2.24, 2.45) is 5.92 Å². The number of rotatable bonds is 6. The van der Waals surface area contributed by atoms with Gasteiger partial charge < -0.3 is 14.7 Å². The molecular weight excluding hydrogens is 382 g/mol. The first-order valence-corrected chi connectivity index (χ1v) is 10.7. The zero-order valence-corrected chi connectivity index (χ0v) is 16.9. The summed E-state index contributed by atoms with van der Waals surface area (Å²) in [4.78, 5) is 8.00. The minimum absolute atomic E-state index is 0.221. The molecule has 2 aromatic rings. The van der Waals surface area contributed by atoms with Crippen LogP contribution in [0.15, 0.2) is 18.2 Å². The van der Waals surface area contributed by atoms with Gasteiger partial charge in [-0.3, -0.25) is 0 Å². The molecule has 4 nitrogen and oxygen atoms in total. The quantitative estimate of drug-likeness (QED) is 0.770. The third-order valence-electron chi connectivity index (χ3n) is 5.67. The molecule has 1 N–H and O–H groups in total. The average molecular weight is 409 g/mol. The van der Waals surface area contributed by atoms with Gasteiger partial charge in [-0.2, -0.15) is 0 Å². The first kappa shape index (κ1) is 19.7. The molecule has 2 fully saturated rings. The number of aryl methyl sites for hydroxylation is 1. The largest absolute Gasteiger partial charge is 0.488 e. The van der Waals surface area contributed by atoms with Gasteiger partial charge in [0, 0.05) is 19.2 Å². The molecule has 7 heteroatoms. The third kappa shape index (κ3) is 4.53. The first-order chi connectivity index (χ1) is 13.4. The summed E-state index contributed by atoms with van der Waals surface area (Å²) in [6.45, 7) is 5.20. The first-order valence-electron chi connectivity index (χ1n) is 9.92. The minimum atomic E-state index is -0.928. The number of aliphatic hydroxyl groups is 1. The number of halogens is 2. The van der Waals surface area contributed by atoms with E-state index >= 15 is 0 Å². The van der Waals surface area contributed by atoms with Gasteiger partial charge in [-0.1, -0.05) is 0 Å². The molecule has 4 rings (SSSR count). The summed E-state index contributed by atoms with van der Waals surface area (Å²) in [5.41, 5.74) is -0.0800. The molecular formula is C21H26F2N2O2S. The van der Waals surface area contributed by atoms with Crippen molar-refractivity contribution in [2.45, 2.75) is 51.2 Å². The smallest absolute Gasteiger partial charge is 0.162 e. The Kier molecular flexibility index (Phi) is 5.67. The molecule has 2 aliphatic rings.